The van der Waals surface area contributed by atoms with E-state index >= 15 is 0 Å². The van der Waals surface area contributed by atoms with Gasteiger partial charge in [0.1, 0.15) is 0 Å². The number of carbonyl (C=O) groups is 2. The second-order valence-corrected chi connectivity index (χ2v) is 7.86. The van der Waals surface area contributed by atoms with Crippen molar-refractivity contribution in [2.24, 2.45) is 0 Å². The molecule has 0 saturated carbocycles. The Morgan fingerprint density at radius 2 is 1.40 bits per heavy atom. The number of rotatable bonds is 4. The van der Waals surface area contributed by atoms with Gasteiger partial charge in [0.2, 0.25) is 3.23 Å². The maximum Gasteiger partial charge on any atom is 0.205 e. The molecule has 0 atom stereocenters. The van der Waals surface area contributed by atoms with E-state index < -0.39 is 3.23 Å². The molecule has 2 aromatic rings. The number of aryl methyl sites for hydroxylation is 1. The van der Waals surface area contributed by atoms with E-state index in [9.17, 15) is 9.59 Å². The van der Waals surface area contributed by atoms with Gasteiger partial charge in [0.25, 0.3) is 0 Å². The van der Waals surface area contributed by atoms with Crippen LogP contribution in [0.25, 0.3) is 0 Å². The van der Waals surface area contributed by atoms with Crippen LogP contribution in [-0.4, -0.2) is 14.8 Å². The Hall–Kier alpha value is -1.26. The highest BCUT2D eigenvalue weighted by atomic mass is 79.9. The highest BCUT2D eigenvalue weighted by molar-refractivity contribution is 9.26. The fourth-order valence-corrected chi connectivity index (χ4v) is 2.76. The fraction of sp³-hybridized carbons (Fsp3) is 0.125. The van der Waals surface area contributed by atoms with Crippen molar-refractivity contribution in [1.29, 1.82) is 0 Å². The maximum atomic E-state index is 12.6. The van der Waals surface area contributed by atoms with Gasteiger partial charge in [-0.05, 0) is 12.5 Å². The predicted molar refractivity (Wildman–Crippen MR) is 86.9 cm³/mol. The summed E-state index contributed by atoms with van der Waals surface area (Å²) in [6.07, 6.45) is 0. The first-order valence-electron chi connectivity index (χ1n) is 6.02. The van der Waals surface area contributed by atoms with Crippen molar-refractivity contribution in [3.8, 4) is 0 Å². The van der Waals surface area contributed by atoms with Crippen molar-refractivity contribution in [2.45, 2.75) is 10.2 Å². The number of ketones is 2. The number of halogens is 2. The van der Waals surface area contributed by atoms with E-state index in [1.807, 2.05) is 25.1 Å². The van der Waals surface area contributed by atoms with E-state index in [0.717, 1.165) is 5.56 Å². The highest BCUT2D eigenvalue weighted by Crippen LogP contribution is 2.35. The Balaban J connectivity index is 2.38. The van der Waals surface area contributed by atoms with Gasteiger partial charge in [0.15, 0.2) is 11.6 Å². The van der Waals surface area contributed by atoms with Gasteiger partial charge in [0.05, 0.1) is 0 Å². The first-order chi connectivity index (χ1) is 9.44. The molecule has 0 aliphatic carbocycles. The average Bonchev–Trinajstić information content (AvgIpc) is 2.47. The van der Waals surface area contributed by atoms with Crippen LogP contribution in [0.2, 0.25) is 0 Å². The topological polar surface area (TPSA) is 34.1 Å². The molecule has 20 heavy (non-hydrogen) atoms. The highest BCUT2D eigenvalue weighted by Gasteiger charge is 2.41. The molecule has 0 N–H and O–H groups in total. The molecule has 0 unspecified atom stereocenters. The second kappa shape index (κ2) is 6.02. The molecular weight excluding hydrogens is 384 g/mol. The third-order valence-electron chi connectivity index (χ3n) is 3.00. The van der Waals surface area contributed by atoms with Gasteiger partial charge in [0, 0.05) is 11.1 Å². The van der Waals surface area contributed by atoms with Crippen LogP contribution in [-0.2, 0) is 0 Å². The zero-order valence-electron chi connectivity index (χ0n) is 10.8. The van der Waals surface area contributed by atoms with Crippen LogP contribution >= 0.6 is 31.9 Å². The molecule has 0 aromatic heterocycles. The Labute approximate surface area is 134 Å². The van der Waals surface area contributed by atoms with Gasteiger partial charge < -0.3 is 0 Å². The molecule has 0 aliphatic rings. The number of benzene rings is 2. The van der Waals surface area contributed by atoms with Crippen LogP contribution < -0.4 is 0 Å². The molecular formula is C16H12Br2O2. The Morgan fingerprint density at radius 1 is 0.850 bits per heavy atom. The lowest BCUT2D eigenvalue weighted by atomic mass is 9.98. The summed E-state index contributed by atoms with van der Waals surface area (Å²) in [5.74, 6) is -0.615. The summed E-state index contributed by atoms with van der Waals surface area (Å²) in [4.78, 5) is 25.1. The van der Waals surface area contributed by atoms with Crippen LogP contribution in [0.1, 0.15) is 26.3 Å². The predicted octanol–water partition coefficient (Wildman–Crippen LogP) is 4.55. The molecule has 0 fully saturated rings. The molecule has 102 valence electrons. The van der Waals surface area contributed by atoms with Crippen LogP contribution in [0.5, 0.6) is 0 Å². The van der Waals surface area contributed by atoms with E-state index in [4.69, 9.17) is 0 Å². The summed E-state index contributed by atoms with van der Waals surface area (Å²) < 4.78 is -1.44. The summed E-state index contributed by atoms with van der Waals surface area (Å²) in [7, 11) is 0. The fourth-order valence-electron chi connectivity index (χ4n) is 1.87. The largest absolute Gasteiger partial charge is 0.291 e. The molecule has 0 saturated heterocycles. The zero-order valence-corrected chi connectivity index (χ0v) is 13.9. The minimum atomic E-state index is -1.44. The third kappa shape index (κ3) is 2.91. The molecule has 0 aliphatic heterocycles. The third-order valence-corrected chi connectivity index (χ3v) is 4.44. The van der Waals surface area contributed by atoms with E-state index in [1.165, 1.54) is 0 Å². The van der Waals surface area contributed by atoms with Gasteiger partial charge in [-0.15, -0.1) is 0 Å². The Morgan fingerprint density at radius 3 is 2.00 bits per heavy atom. The summed E-state index contributed by atoms with van der Waals surface area (Å²) >= 11 is 6.48. The SMILES string of the molecule is Cc1ccccc1C(=O)C(Br)(Br)C(=O)c1ccccc1. The van der Waals surface area contributed by atoms with Crippen molar-refractivity contribution in [2.75, 3.05) is 0 Å². The van der Waals surface area contributed by atoms with Gasteiger partial charge in [-0.25, -0.2) is 0 Å². The molecule has 0 spiro atoms. The lowest BCUT2D eigenvalue weighted by molar-refractivity contribution is 0.0893. The number of hydrogen-bond donors (Lipinski definition) is 0. The summed E-state index contributed by atoms with van der Waals surface area (Å²) in [6.45, 7) is 1.84. The van der Waals surface area contributed by atoms with E-state index in [-0.39, 0.29) is 11.6 Å². The van der Waals surface area contributed by atoms with Gasteiger partial charge in [-0.3, -0.25) is 9.59 Å². The van der Waals surface area contributed by atoms with Crippen molar-refractivity contribution < 1.29 is 9.59 Å². The van der Waals surface area contributed by atoms with Crippen LogP contribution in [0.3, 0.4) is 0 Å². The van der Waals surface area contributed by atoms with E-state index in [0.29, 0.717) is 11.1 Å². The first kappa shape index (κ1) is 15.1. The monoisotopic (exact) mass is 394 g/mol. The van der Waals surface area contributed by atoms with Crippen molar-refractivity contribution in [3.63, 3.8) is 0 Å². The summed E-state index contributed by atoms with van der Waals surface area (Å²) in [5, 5.41) is 0. The summed E-state index contributed by atoms with van der Waals surface area (Å²) in [6, 6.07) is 15.9. The zero-order chi connectivity index (χ0) is 14.8. The van der Waals surface area contributed by atoms with Crippen molar-refractivity contribution in [3.05, 3.63) is 71.3 Å². The average molecular weight is 396 g/mol. The molecule has 4 heteroatoms. The van der Waals surface area contributed by atoms with Crippen molar-refractivity contribution >= 4 is 43.4 Å². The molecule has 2 aromatic carbocycles. The first-order valence-corrected chi connectivity index (χ1v) is 7.61. The Bertz CT molecular complexity index is 649. The lowest BCUT2D eigenvalue weighted by Crippen LogP contribution is -2.35. The lowest BCUT2D eigenvalue weighted by Gasteiger charge is -2.19. The van der Waals surface area contributed by atoms with Gasteiger partial charge in [-0.2, -0.15) is 0 Å². The molecule has 0 bridgehead atoms. The minimum absolute atomic E-state index is 0.301. The molecule has 0 amide bonds. The van der Waals surface area contributed by atoms with Crippen LogP contribution in [0, 0.1) is 6.92 Å². The van der Waals surface area contributed by atoms with Gasteiger partial charge in [-0.1, -0.05) is 86.5 Å². The number of carbonyl (C=O) groups excluding carboxylic acids is 2. The van der Waals surface area contributed by atoms with Crippen molar-refractivity contribution in [1.82, 2.24) is 0 Å². The normalized spacial score (nSPS) is 11.2. The smallest absolute Gasteiger partial charge is 0.205 e. The van der Waals surface area contributed by atoms with E-state index in [2.05, 4.69) is 31.9 Å². The standard InChI is InChI=1S/C16H12Br2O2/c1-11-7-5-6-10-13(11)15(20)16(17,18)14(19)12-8-3-2-4-9-12/h2-10H,1H3. The van der Waals surface area contributed by atoms with Crippen LogP contribution in [0.15, 0.2) is 54.6 Å². The molecule has 2 nitrogen and oxygen atoms in total. The van der Waals surface area contributed by atoms with Crippen LogP contribution in [0.4, 0.5) is 0 Å². The quantitative estimate of drug-likeness (QED) is 0.432. The number of Topliss-reactive ketones (excluding diaryl/α,β-unsaturated/α-hetero) is 2. The number of hydrogen-bond acceptors (Lipinski definition) is 2. The Kier molecular flexibility index (Phi) is 4.55. The summed E-state index contributed by atoms with van der Waals surface area (Å²) in [5.41, 5.74) is 1.83. The van der Waals surface area contributed by atoms with E-state index in [1.54, 1.807) is 36.4 Å². The number of alkyl halides is 2. The maximum absolute atomic E-state index is 12.6. The minimum Gasteiger partial charge on any atom is -0.291 e. The molecule has 2 rings (SSSR count). The molecule has 0 radical (unpaired) electrons. The molecule has 0 heterocycles. The second-order valence-electron chi connectivity index (χ2n) is 4.41. The van der Waals surface area contributed by atoms with Gasteiger partial charge >= 0.3 is 0 Å².